The number of nitrogens with one attached hydrogen (secondary N) is 3. The van der Waals surface area contributed by atoms with E-state index in [1.807, 2.05) is 0 Å². The van der Waals surface area contributed by atoms with Crippen molar-refractivity contribution in [3.8, 4) is 0 Å². The number of aldehydes is 1. The highest BCUT2D eigenvalue weighted by atomic mass is 16.5. The molecule has 0 radical (unpaired) electrons. The Kier molecular flexibility index (Phi) is 6.90. The minimum Gasteiger partial charge on any atom is -0.445 e. The second-order valence-electron chi connectivity index (χ2n) is 4.32. The van der Waals surface area contributed by atoms with Crippen molar-refractivity contribution >= 4 is 24.0 Å². The minimum absolute atomic E-state index is 0.0759. The van der Waals surface area contributed by atoms with E-state index in [1.165, 1.54) is 0 Å². The lowest BCUT2D eigenvalue weighted by Crippen LogP contribution is -2.35. The van der Waals surface area contributed by atoms with E-state index in [2.05, 4.69) is 16.0 Å². The molecule has 0 bridgehead atoms. The Labute approximate surface area is 123 Å². The Bertz CT molecular complexity index is 487. The van der Waals surface area contributed by atoms with E-state index in [0.717, 1.165) is 5.56 Å². The van der Waals surface area contributed by atoms with Gasteiger partial charge in [-0.2, -0.15) is 0 Å². The lowest BCUT2D eigenvalue weighted by Gasteiger charge is -2.11. The number of likely N-dealkylation sites (N-methyl/N-ethyl adjacent to an activating group) is 1. The van der Waals surface area contributed by atoms with Crippen molar-refractivity contribution in [1.29, 1.82) is 0 Å². The van der Waals surface area contributed by atoms with Crippen LogP contribution < -0.4 is 16.0 Å². The predicted molar refractivity (Wildman–Crippen MR) is 77.8 cm³/mol. The molecule has 1 atom stereocenters. The zero-order valence-electron chi connectivity index (χ0n) is 12.0. The summed E-state index contributed by atoms with van der Waals surface area (Å²) in [6.07, 6.45) is -0.0763. The van der Waals surface area contributed by atoms with Crippen molar-refractivity contribution in [1.82, 2.24) is 10.6 Å². The summed E-state index contributed by atoms with van der Waals surface area (Å²) in [7, 11) is 1.71. The van der Waals surface area contributed by atoms with Crippen LogP contribution in [-0.2, 0) is 20.9 Å². The number of benzene rings is 1. The molecule has 0 aromatic heterocycles. The van der Waals surface area contributed by atoms with Gasteiger partial charge in [-0.1, -0.05) is 12.1 Å². The highest BCUT2D eigenvalue weighted by molar-refractivity contribution is 5.94. The second kappa shape index (κ2) is 8.70. The first-order valence-electron chi connectivity index (χ1n) is 6.48. The largest absolute Gasteiger partial charge is 0.445 e. The number of amides is 2. The molecule has 0 spiro atoms. The molecule has 0 aliphatic carbocycles. The van der Waals surface area contributed by atoms with Gasteiger partial charge in [0.05, 0.1) is 12.6 Å². The molecule has 1 rings (SSSR count). The summed E-state index contributed by atoms with van der Waals surface area (Å²) in [5.41, 5.74) is 1.44. The fourth-order valence-corrected chi connectivity index (χ4v) is 1.39. The molecule has 2 amide bonds. The van der Waals surface area contributed by atoms with E-state index in [0.29, 0.717) is 12.0 Å². The zero-order chi connectivity index (χ0) is 15.7. The third kappa shape index (κ3) is 6.05. The molecule has 0 aliphatic rings. The molecule has 0 saturated heterocycles. The van der Waals surface area contributed by atoms with Gasteiger partial charge in [0, 0.05) is 5.69 Å². The molecule has 1 aromatic rings. The monoisotopic (exact) mass is 293 g/mol. The first kappa shape index (κ1) is 16.6. The fraction of sp³-hybridized carbons (Fsp3) is 0.357. The number of rotatable bonds is 7. The molecule has 3 N–H and O–H groups in total. The van der Waals surface area contributed by atoms with Gasteiger partial charge in [0.2, 0.25) is 5.91 Å². The van der Waals surface area contributed by atoms with E-state index in [-0.39, 0.29) is 25.1 Å². The Balaban J connectivity index is 2.45. The molecule has 7 heteroatoms. The molecule has 0 aliphatic heterocycles. The molecule has 114 valence electrons. The van der Waals surface area contributed by atoms with E-state index < -0.39 is 6.09 Å². The van der Waals surface area contributed by atoms with Crippen molar-refractivity contribution in [2.75, 3.05) is 18.9 Å². The highest BCUT2D eigenvalue weighted by Crippen LogP contribution is 2.10. The van der Waals surface area contributed by atoms with Gasteiger partial charge in [-0.05, 0) is 31.7 Å². The zero-order valence-corrected chi connectivity index (χ0v) is 12.0. The third-order valence-corrected chi connectivity index (χ3v) is 2.75. The number of carbonyl (C=O) groups excluding carboxylic acids is 3. The summed E-state index contributed by atoms with van der Waals surface area (Å²) in [6.45, 7) is 1.77. The van der Waals surface area contributed by atoms with Crippen LogP contribution in [0.3, 0.4) is 0 Å². The lowest BCUT2D eigenvalue weighted by molar-refractivity contribution is -0.117. The number of ether oxygens (including phenoxy) is 1. The second-order valence-corrected chi connectivity index (χ2v) is 4.32. The normalized spacial score (nSPS) is 11.3. The van der Waals surface area contributed by atoms with Crippen LogP contribution in [0.4, 0.5) is 10.5 Å². The average molecular weight is 293 g/mol. The number of alkyl carbamates (subject to hydrolysis) is 1. The number of carbonyl (C=O) groups is 3. The molecular formula is C14H19N3O4. The van der Waals surface area contributed by atoms with Crippen molar-refractivity contribution in [3.63, 3.8) is 0 Å². The lowest BCUT2D eigenvalue weighted by atomic mass is 10.2. The van der Waals surface area contributed by atoms with Gasteiger partial charge in [-0.15, -0.1) is 0 Å². The first-order chi connectivity index (χ1) is 10.1. The van der Waals surface area contributed by atoms with Crippen molar-refractivity contribution in [2.24, 2.45) is 0 Å². The van der Waals surface area contributed by atoms with Gasteiger partial charge in [0.25, 0.3) is 0 Å². The molecule has 7 nitrogen and oxygen atoms in total. The Morgan fingerprint density at radius 3 is 2.52 bits per heavy atom. The fourth-order valence-electron chi connectivity index (χ4n) is 1.39. The smallest absolute Gasteiger partial charge is 0.407 e. The van der Waals surface area contributed by atoms with Crippen LogP contribution in [-0.4, -0.2) is 37.9 Å². The van der Waals surface area contributed by atoms with Crippen LogP contribution in [0.15, 0.2) is 24.3 Å². The van der Waals surface area contributed by atoms with Crippen LogP contribution in [0.2, 0.25) is 0 Å². The van der Waals surface area contributed by atoms with Crippen molar-refractivity contribution in [2.45, 2.75) is 19.6 Å². The average Bonchev–Trinajstić information content (AvgIpc) is 2.51. The van der Waals surface area contributed by atoms with Crippen molar-refractivity contribution < 1.29 is 19.1 Å². The number of hydrogen-bond acceptors (Lipinski definition) is 5. The van der Waals surface area contributed by atoms with Gasteiger partial charge < -0.3 is 25.5 Å². The van der Waals surface area contributed by atoms with Gasteiger partial charge in [-0.25, -0.2) is 4.79 Å². The molecule has 0 fully saturated rings. The molecule has 21 heavy (non-hydrogen) atoms. The number of anilines is 1. The Hall–Kier alpha value is -2.41. The van der Waals surface area contributed by atoms with E-state index >= 15 is 0 Å². The third-order valence-electron chi connectivity index (χ3n) is 2.75. The van der Waals surface area contributed by atoms with Gasteiger partial charge in [0.1, 0.15) is 12.9 Å². The van der Waals surface area contributed by atoms with Crippen LogP contribution in [0.5, 0.6) is 0 Å². The predicted octanol–water partition coefficient (Wildman–Crippen LogP) is 0.658. The van der Waals surface area contributed by atoms with E-state index in [9.17, 15) is 14.4 Å². The first-order valence-corrected chi connectivity index (χ1v) is 6.48. The molecule has 1 unspecified atom stereocenters. The Morgan fingerprint density at radius 2 is 1.95 bits per heavy atom. The topological polar surface area (TPSA) is 96.5 Å². The molecule has 0 heterocycles. The Morgan fingerprint density at radius 1 is 1.29 bits per heavy atom. The van der Waals surface area contributed by atoms with E-state index in [1.54, 1.807) is 38.2 Å². The summed E-state index contributed by atoms with van der Waals surface area (Å²) in [4.78, 5) is 32.9. The van der Waals surface area contributed by atoms with Gasteiger partial charge in [-0.3, -0.25) is 4.79 Å². The van der Waals surface area contributed by atoms with Gasteiger partial charge in [0.15, 0.2) is 0 Å². The van der Waals surface area contributed by atoms with Crippen molar-refractivity contribution in [3.05, 3.63) is 29.8 Å². The maximum Gasteiger partial charge on any atom is 0.407 e. The maximum atomic E-state index is 11.7. The SMILES string of the molecule is CNC(C)C(=O)Nc1ccc(COC(=O)NCC=O)cc1. The van der Waals surface area contributed by atoms with Crippen LogP contribution in [0.1, 0.15) is 12.5 Å². The standard InChI is InChI=1S/C14H19N3O4/c1-10(15-2)13(19)17-12-5-3-11(4-6-12)9-21-14(20)16-7-8-18/h3-6,8,10,15H,7,9H2,1-2H3,(H,16,20)(H,17,19). The molecular weight excluding hydrogens is 274 g/mol. The number of hydrogen-bond donors (Lipinski definition) is 3. The van der Waals surface area contributed by atoms with Crippen LogP contribution in [0, 0.1) is 0 Å². The summed E-state index contributed by atoms with van der Waals surface area (Å²) in [6, 6.07) is 6.65. The van der Waals surface area contributed by atoms with E-state index in [4.69, 9.17) is 4.74 Å². The van der Waals surface area contributed by atoms with Crippen LogP contribution in [0.25, 0.3) is 0 Å². The summed E-state index contributed by atoms with van der Waals surface area (Å²) >= 11 is 0. The summed E-state index contributed by atoms with van der Waals surface area (Å²) in [5, 5.41) is 7.86. The summed E-state index contributed by atoms with van der Waals surface area (Å²) in [5.74, 6) is -0.130. The minimum atomic E-state index is -0.651. The molecule has 0 saturated carbocycles. The summed E-state index contributed by atoms with van der Waals surface area (Å²) < 4.78 is 4.90. The van der Waals surface area contributed by atoms with Gasteiger partial charge >= 0.3 is 6.09 Å². The highest BCUT2D eigenvalue weighted by Gasteiger charge is 2.10. The van der Waals surface area contributed by atoms with Crippen LogP contribution >= 0.6 is 0 Å². The quantitative estimate of drug-likeness (QED) is 0.642. The molecule has 1 aromatic carbocycles. The maximum absolute atomic E-state index is 11.7.